The van der Waals surface area contributed by atoms with Crippen LogP contribution in [0.25, 0.3) is 12.2 Å². The number of aryl methyl sites for hydroxylation is 2. The number of hydrogen-bond acceptors (Lipinski definition) is 5. The zero-order valence-electron chi connectivity index (χ0n) is 20.9. The van der Waals surface area contributed by atoms with Gasteiger partial charge in [0.05, 0.1) is 6.61 Å². The lowest BCUT2D eigenvalue weighted by atomic mass is 10.1. The normalized spacial score (nSPS) is 13.9. The average Bonchev–Trinajstić information content (AvgIpc) is 3.53. The molecule has 0 saturated heterocycles. The van der Waals surface area contributed by atoms with Crippen molar-refractivity contribution in [2.45, 2.75) is 43.7 Å². The number of rotatable bonds is 13. The zero-order valence-corrected chi connectivity index (χ0v) is 21.7. The average molecular weight is 570 g/mol. The molecule has 0 saturated carbocycles. The lowest BCUT2D eigenvalue weighted by molar-refractivity contribution is 0.294. The highest BCUT2D eigenvalue weighted by atomic mass is 32.5. The standard InChI is InChI=1S/C27H28F5N3O3S/c28-39(29,30,31,32)25-11-6-22(7-12-25)8-13-27-34-23(20-38-27)19-37-24-9-4-21(5-10-24)3-1-2-16-35-17-15-33-26(35)14-18-36/h4-13,15,17,20,36H,1-3,14,16,18-19H2/b13-8+. The van der Waals surface area contributed by atoms with Gasteiger partial charge in [0.15, 0.2) is 0 Å². The number of aliphatic hydroxyl groups excluding tert-OH is 1. The molecule has 0 amide bonds. The van der Waals surface area contributed by atoms with Gasteiger partial charge in [-0.1, -0.05) is 43.7 Å². The Hall–Kier alpha value is -3.64. The fraction of sp³-hybridized carbons (Fsp3) is 0.259. The van der Waals surface area contributed by atoms with Crippen molar-refractivity contribution in [1.82, 2.24) is 14.5 Å². The second-order valence-corrected chi connectivity index (χ2v) is 11.4. The van der Waals surface area contributed by atoms with Crippen molar-refractivity contribution in [3.63, 3.8) is 0 Å². The maximum absolute atomic E-state index is 12.8. The van der Waals surface area contributed by atoms with Gasteiger partial charge in [-0.3, -0.25) is 0 Å². The number of ether oxygens (including phenoxy) is 1. The fourth-order valence-electron chi connectivity index (χ4n) is 3.86. The minimum atomic E-state index is -9.69. The quantitative estimate of drug-likeness (QED) is 0.131. The van der Waals surface area contributed by atoms with Gasteiger partial charge >= 0.3 is 10.2 Å². The molecule has 0 bridgehead atoms. The molecule has 12 heteroatoms. The minimum absolute atomic E-state index is 0.0837. The SMILES string of the molecule is OCCc1nccn1CCCCc1ccc(OCc2coc(/C=C/c3ccc(S(F)(F)(F)(F)F)cc3)n2)cc1. The number of nitrogens with zero attached hydrogens (tertiary/aromatic N) is 3. The van der Waals surface area contributed by atoms with Gasteiger partial charge in [0, 0.05) is 31.4 Å². The van der Waals surface area contributed by atoms with Crippen LogP contribution in [0, 0.1) is 0 Å². The number of aliphatic hydroxyl groups is 1. The number of unbranched alkanes of at least 4 members (excludes halogenated alkanes) is 1. The van der Waals surface area contributed by atoms with Crippen LogP contribution >= 0.6 is 10.2 Å². The van der Waals surface area contributed by atoms with Gasteiger partial charge in [-0.25, -0.2) is 9.97 Å². The van der Waals surface area contributed by atoms with Crippen molar-refractivity contribution >= 4 is 22.4 Å². The fourth-order valence-corrected chi connectivity index (χ4v) is 4.51. The Morgan fingerprint density at radius 3 is 2.36 bits per heavy atom. The number of halogens is 5. The van der Waals surface area contributed by atoms with E-state index in [0.717, 1.165) is 43.8 Å². The summed E-state index contributed by atoms with van der Waals surface area (Å²) in [6.07, 6.45) is 11.4. The molecule has 0 radical (unpaired) electrons. The van der Waals surface area contributed by atoms with Crippen molar-refractivity contribution < 1.29 is 33.7 Å². The Morgan fingerprint density at radius 2 is 1.67 bits per heavy atom. The summed E-state index contributed by atoms with van der Waals surface area (Å²) in [5, 5.41) is 9.09. The minimum Gasteiger partial charge on any atom is -0.487 e. The van der Waals surface area contributed by atoms with Crippen molar-refractivity contribution in [3.05, 3.63) is 95.7 Å². The van der Waals surface area contributed by atoms with E-state index in [4.69, 9.17) is 14.3 Å². The predicted molar refractivity (Wildman–Crippen MR) is 140 cm³/mol. The summed E-state index contributed by atoms with van der Waals surface area (Å²) in [5.41, 5.74) is 1.98. The Labute approximate surface area is 222 Å². The molecule has 0 aliphatic rings. The van der Waals surface area contributed by atoms with Crippen LogP contribution in [0.3, 0.4) is 0 Å². The van der Waals surface area contributed by atoms with Gasteiger partial charge < -0.3 is 18.8 Å². The molecule has 2 aromatic carbocycles. The van der Waals surface area contributed by atoms with Gasteiger partial charge in [-0.2, -0.15) is 0 Å². The monoisotopic (exact) mass is 569 g/mol. The Balaban J connectivity index is 1.21. The summed E-state index contributed by atoms with van der Waals surface area (Å²) in [6.45, 7) is 1.09. The highest BCUT2D eigenvalue weighted by molar-refractivity contribution is 8.45. The molecule has 0 unspecified atom stereocenters. The van der Waals surface area contributed by atoms with E-state index in [9.17, 15) is 19.4 Å². The molecule has 210 valence electrons. The summed E-state index contributed by atoms with van der Waals surface area (Å²) < 4.78 is 77.2. The largest absolute Gasteiger partial charge is 0.487 e. The summed E-state index contributed by atoms with van der Waals surface area (Å²) in [7, 11) is -9.69. The van der Waals surface area contributed by atoms with Gasteiger partial charge in [0.1, 0.15) is 35.0 Å². The summed E-state index contributed by atoms with van der Waals surface area (Å²) >= 11 is 0. The van der Waals surface area contributed by atoms with Gasteiger partial charge in [0.25, 0.3) is 0 Å². The molecule has 0 spiro atoms. The van der Waals surface area contributed by atoms with E-state index >= 15 is 0 Å². The summed E-state index contributed by atoms with van der Waals surface area (Å²) in [6, 6.07) is 10.4. The van der Waals surface area contributed by atoms with Crippen LogP contribution in [0.5, 0.6) is 5.75 Å². The van der Waals surface area contributed by atoms with Crippen LogP contribution in [0.1, 0.15) is 41.4 Å². The molecule has 0 atom stereocenters. The van der Waals surface area contributed by atoms with E-state index < -0.39 is 15.1 Å². The third kappa shape index (κ3) is 8.42. The van der Waals surface area contributed by atoms with Gasteiger partial charge in [-0.15, -0.1) is 0 Å². The number of hydrogen-bond donors (Lipinski definition) is 1. The van der Waals surface area contributed by atoms with E-state index in [1.54, 1.807) is 6.20 Å². The van der Waals surface area contributed by atoms with E-state index in [-0.39, 0.29) is 24.7 Å². The zero-order chi connectivity index (χ0) is 28.0. The molecule has 0 aliphatic carbocycles. The van der Waals surface area contributed by atoms with Crippen molar-refractivity contribution in [1.29, 1.82) is 0 Å². The highest BCUT2D eigenvalue weighted by Crippen LogP contribution is 3.02. The molecule has 2 heterocycles. The topological polar surface area (TPSA) is 73.3 Å². The van der Waals surface area contributed by atoms with Crippen molar-refractivity contribution in [3.8, 4) is 5.75 Å². The van der Waals surface area contributed by atoms with Crippen LogP contribution in [-0.2, 0) is 26.0 Å². The molecule has 39 heavy (non-hydrogen) atoms. The number of aromatic nitrogens is 3. The number of oxazole rings is 1. The Morgan fingerprint density at radius 1 is 0.923 bits per heavy atom. The van der Waals surface area contributed by atoms with Crippen LogP contribution in [0.15, 0.2) is 76.5 Å². The van der Waals surface area contributed by atoms with Gasteiger partial charge in [0.2, 0.25) is 5.89 Å². The third-order valence-electron chi connectivity index (χ3n) is 5.88. The Bertz CT molecular complexity index is 1400. The first-order valence-corrected chi connectivity index (χ1v) is 14.1. The second kappa shape index (κ2) is 10.9. The molecular weight excluding hydrogens is 541 g/mol. The number of benzene rings is 2. The first-order valence-electron chi connectivity index (χ1n) is 12.2. The lowest BCUT2D eigenvalue weighted by Gasteiger charge is -2.40. The predicted octanol–water partition coefficient (Wildman–Crippen LogP) is 7.84. The van der Waals surface area contributed by atoms with E-state index in [2.05, 4.69) is 14.5 Å². The first kappa shape index (κ1) is 28.4. The molecule has 2 aromatic heterocycles. The molecule has 1 N–H and O–H groups in total. The summed E-state index contributed by atoms with van der Waals surface area (Å²) in [5.74, 6) is 1.75. The second-order valence-electron chi connectivity index (χ2n) is 8.95. The molecule has 0 fully saturated rings. The maximum atomic E-state index is 12.8. The third-order valence-corrected chi connectivity index (χ3v) is 7.04. The van der Waals surface area contributed by atoms with E-state index in [0.29, 0.717) is 30.0 Å². The van der Waals surface area contributed by atoms with Crippen LogP contribution in [0.2, 0.25) is 0 Å². The van der Waals surface area contributed by atoms with Crippen molar-refractivity contribution in [2.75, 3.05) is 6.61 Å². The smallest absolute Gasteiger partial charge is 0.310 e. The lowest BCUT2D eigenvalue weighted by Crippen LogP contribution is -2.05. The van der Waals surface area contributed by atoms with E-state index in [1.165, 1.54) is 24.0 Å². The molecule has 6 nitrogen and oxygen atoms in total. The van der Waals surface area contributed by atoms with E-state index in [1.807, 2.05) is 30.5 Å². The maximum Gasteiger partial charge on any atom is 0.310 e. The van der Waals surface area contributed by atoms with Crippen LogP contribution in [0.4, 0.5) is 19.4 Å². The highest BCUT2D eigenvalue weighted by Gasteiger charge is 2.65. The van der Waals surface area contributed by atoms with Gasteiger partial charge in [-0.05, 0) is 60.7 Å². The Kier molecular flexibility index (Phi) is 7.89. The summed E-state index contributed by atoms with van der Waals surface area (Å²) in [4.78, 5) is 6.55. The van der Waals surface area contributed by atoms with Crippen LogP contribution < -0.4 is 4.74 Å². The first-order chi connectivity index (χ1) is 18.4. The molecule has 4 rings (SSSR count). The van der Waals surface area contributed by atoms with Crippen LogP contribution in [-0.4, -0.2) is 26.2 Å². The molecular formula is C27H28F5N3O3S. The van der Waals surface area contributed by atoms with Crippen molar-refractivity contribution in [2.24, 2.45) is 0 Å². The number of imidazole rings is 1. The molecule has 0 aliphatic heterocycles. The molecule has 4 aromatic rings.